The van der Waals surface area contributed by atoms with Gasteiger partial charge in [0.1, 0.15) is 6.04 Å². The Morgan fingerprint density at radius 1 is 1.60 bits per heavy atom. The molecule has 15 heavy (non-hydrogen) atoms. The molecule has 0 bridgehead atoms. The van der Waals surface area contributed by atoms with Gasteiger partial charge in [-0.25, -0.2) is 0 Å². The molecule has 0 saturated carbocycles. The van der Waals surface area contributed by atoms with Crippen LogP contribution in [0.5, 0.6) is 0 Å². The predicted octanol–water partition coefficient (Wildman–Crippen LogP) is -0.101. The summed E-state index contributed by atoms with van der Waals surface area (Å²) in [6.45, 7) is 2.72. The molecule has 1 aliphatic rings. The fraction of sp³-hybridized carbons (Fsp3) is 0.900. The third-order valence-electron chi connectivity index (χ3n) is 2.94. The van der Waals surface area contributed by atoms with Crippen molar-refractivity contribution >= 4 is 5.97 Å². The molecule has 0 spiro atoms. The first-order valence-corrected chi connectivity index (χ1v) is 5.37. The maximum absolute atomic E-state index is 10.5. The van der Waals surface area contributed by atoms with Crippen molar-refractivity contribution in [1.82, 2.24) is 4.90 Å². The third kappa shape index (κ3) is 4.15. The number of likely N-dealkylation sites (tertiary alicyclic amines) is 1. The summed E-state index contributed by atoms with van der Waals surface area (Å²) in [7, 11) is 1.74. The lowest BCUT2D eigenvalue weighted by molar-refractivity contribution is -0.138. The molecule has 1 fully saturated rings. The Morgan fingerprint density at radius 3 is 2.67 bits per heavy atom. The quantitative estimate of drug-likeness (QED) is 0.671. The number of nitrogens with two attached hydrogens (primary N) is 1. The molecule has 0 aromatic carbocycles. The second-order valence-electron chi connectivity index (χ2n) is 4.01. The molecule has 1 rings (SSSR count). The highest BCUT2D eigenvalue weighted by Crippen LogP contribution is 2.13. The molecule has 3 N–H and O–H groups in total. The van der Waals surface area contributed by atoms with Crippen molar-refractivity contribution in [3.8, 4) is 0 Å². The van der Waals surface area contributed by atoms with Crippen LogP contribution in [0.25, 0.3) is 0 Å². The zero-order valence-corrected chi connectivity index (χ0v) is 9.19. The van der Waals surface area contributed by atoms with E-state index in [1.165, 1.54) is 0 Å². The van der Waals surface area contributed by atoms with Crippen LogP contribution in [0, 0.1) is 0 Å². The number of nitrogens with zero attached hydrogens (tertiary/aromatic N) is 1. The average Bonchev–Trinajstić information content (AvgIpc) is 2.26. The van der Waals surface area contributed by atoms with E-state index in [1.54, 1.807) is 7.11 Å². The van der Waals surface area contributed by atoms with Gasteiger partial charge in [0, 0.05) is 26.7 Å². The Hall–Kier alpha value is -0.650. The van der Waals surface area contributed by atoms with Crippen molar-refractivity contribution < 1.29 is 14.6 Å². The molecule has 1 aliphatic heterocycles. The Morgan fingerprint density at radius 2 is 2.20 bits per heavy atom. The highest BCUT2D eigenvalue weighted by Gasteiger charge is 2.20. The number of methoxy groups -OCH3 is 1. The zero-order valence-electron chi connectivity index (χ0n) is 9.19. The Bertz CT molecular complexity index is 203. The number of rotatable bonds is 5. The van der Waals surface area contributed by atoms with Crippen molar-refractivity contribution in [1.29, 1.82) is 0 Å². The van der Waals surface area contributed by atoms with Gasteiger partial charge in [-0.2, -0.15) is 0 Å². The Balaban J connectivity index is 2.16. The van der Waals surface area contributed by atoms with Crippen molar-refractivity contribution in [2.24, 2.45) is 5.73 Å². The summed E-state index contributed by atoms with van der Waals surface area (Å²) in [6.07, 6.45) is 2.94. The molecule has 1 unspecified atom stereocenters. The van der Waals surface area contributed by atoms with Gasteiger partial charge in [-0.3, -0.25) is 4.79 Å². The lowest BCUT2D eigenvalue weighted by Crippen LogP contribution is -2.40. The first-order chi connectivity index (χ1) is 7.13. The Kier molecular flexibility index (Phi) is 5.01. The van der Waals surface area contributed by atoms with E-state index in [-0.39, 0.29) is 0 Å². The molecule has 0 radical (unpaired) electrons. The van der Waals surface area contributed by atoms with E-state index >= 15 is 0 Å². The average molecular weight is 216 g/mol. The van der Waals surface area contributed by atoms with Gasteiger partial charge < -0.3 is 20.5 Å². The number of carbonyl (C=O) groups is 1. The number of piperidine rings is 1. The number of carboxylic acids is 1. The van der Waals surface area contributed by atoms with Crippen LogP contribution in [0.4, 0.5) is 0 Å². The van der Waals surface area contributed by atoms with Crippen LogP contribution in [-0.4, -0.2) is 54.9 Å². The minimum absolute atomic E-state index is 0.370. The van der Waals surface area contributed by atoms with Gasteiger partial charge in [-0.1, -0.05) is 0 Å². The van der Waals surface area contributed by atoms with Gasteiger partial charge >= 0.3 is 5.97 Å². The van der Waals surface area contributed by atoms with Crippen LogP contribution in [0.15, 0.2) is 0 Å². The third-order valence-corrected chi connectivity index (χ3v) is 2.94. The van der Waals surface area contributed by atoms with E-state index < -0.39 is 12.0 Å². The summed E-state index contributed by atoms with van der Waals surface area (Å²) >= 11 is 0. The van der Waals surface area contributed by atoms with Crippen LogP contribution >= 0.6 is 0 Å². The molecular weight excluding hydrogens is 196 g/mol. The minimum atomic E-state index is -0.915. The number of carboxylic acid groups (broad SMARTS) is 1. The summed E-state index contributed by atoms with van der Waals surface area (Å²) in [5.74, 6) is -0.915. The van der Waals surface area contributed by atoms with E-state index in [0.29, 0.717) is 12.5 Å². The molecule has 1 heterocycles. The van der Waals surface area contributed by atoms with Gasteiger partial charge in [-0.05, 0) is 19.3 Å². The number of aliphatic carboxylic acids is 1. The molecule has 1 saturated heterocycles. The molecule has 0 amide bonds. The predicted molar refractivity (Wildman–Crippen MR) is 56.7 cm³/mol. The number of hydrogen-bond acceptors (Lipinski definition) is 4. The zero-order chi connectivity index (χ0) is 11.3. The Labute approximate surface area is 90.2 Å². The topological polar surface area (TPSA) is 75.8 Å². The summed E-state index contributed by atoms with van der Waals surface area (Å²) in [5, 5.41) is 8.63. The molecule has 0 aliphatic carbocycles. The lowest BCUT2D eigenvalue weighted by Gasteiger charge is -2.31. The minimum Gasteiger partial charge on any atom is -0.480 e. The first-order valence-electron chi connectivity index (χ1n) is 5.37. The lowest BCUT2D eigenvalue weighted by atomic mass is 10.1. The summed E-state index contributed by atoms with van der Waals surface area (Å²) < 4.78 is 5.26. The monoisotopic (exact) mass is 216 g/mol. The van der Waals surface area contributed by atoms with Crippen LogP contribution in [0.1, 0.15) is 19.3 Å². The van der Waals surface area contributed by atoms with Gasteiger partial charge in [-0.15, -0.1) is 0 Å². The smallest absolute Gasteiger partial charge is 0.320 e. The SMILES string of the molecule is COC1CCN(CCC(N)C(=O)O)CC1. The maximum atomic E-state index is 10.5. The number of hydrogen-bond donors (Lipinski definition) is 2. The van der Waals surface area contributed by atoms with E-state index in [0.717, 1.165) is 32.5 Å². The van der Waals surface area contributed by atoms with Crippen LogP contribution in [0.3, 0.4) is 0 Å². The van der Waals surface area contributed by atoms with E-state index in [9.17, 15) is 4.79 Å². The van der Waals surface area contributed by atoms with Gasteiger partial charge in [0.15, 0.2) is 0 Å². The highest BCUT2D eigenvalue weighted by atomic mass is 16.5. The van der Waals surface area contributed by atoms with E-state index in [2.05, 4.69) is 4.90 Å². The summed E-state index contributed by atoms with van der Waals surface area (Å²) in [4.78, 5) is 12.8. The second kappa shape index (κ2) is 6.05. The fourth-order valence-electron chi connectivity index (χ4n) is 1.81. The molecule has 0 aromatic heterocycles. The van der Waals surface area contributed by atoms with Gasteiger partial charge in [0.05, 0.1) is 6.10 Å². The van der Waals surface area contributed by atoms with Crippen molar-refractivity contribution in [2.45, 2.75) is 31.4 Å². The first kappa shape index (κ1) is 12.4. The van der Waals surface area contributed by atoms with E-state index in [1.807, 2.05) is 0 Å². The number of ether oxygens (including phenoxy) is 1. The highest BCUT2D eigenvalue weighted by molar-refractivity contribution is 5.72. The summed E-state index contributed by atoms with van der Waals surface area (Å²) in [5.41, 5.74) is 5.44. The van der Waals surface area contributed by atoms with Crippen molar-refractivity contribution in [3.05, 3.63) is 0 Å². The van der Waals surface area contributed by atoms with E-state index in [4.69, 9.17) is 15.6 Å². The van der Waals surface area contributed by atoms with Gasteiger partial charge in [0.2, 0.25) is 0 Å². The normalized spacial score (nSPS) is 21.5. The van der Waals surface area contributed by atoms with Crippen molar-refractivity contribution in [3.63, 3.8) is 0 Å². The molecule has 0 aromatic rings. The molecule has 5 nitrogen and oxygen atoms in total. The largest absolute Gasteiger partial charge is 0.480 e. The standard InChI is InChI=1S/C10H20N2O3/c1-15-8-2-5-12(6-3-8)7-4-9(11)10(13)14/h8-9H,2-7,11H2,1H3,(H,13,14). The van der Waals surface area contributed by atoms with Crippen molar-refractivity contribution in [2.75, 3.05) is 26.7 Å². The maximum Gasteiger partial charge on any atom is 0.320 e. The molecule has 88 valence electrons. The molecular formula is C10H20N2O3. The molecule has 5 heteroatoms. The van der Waals surface area contributed by atoms with Crippen LogP contribution in [-0.2, 0) is 9.53 Å². The molecule has 1 atom stereocenters. The van der Waals surface area contributed by atoms with Crippen LogP contribution in [0.2, 0.25) is 0 Å². The van der Waals surface area contributed by atoms with Crippen LogP contribution < -0.4 is 5.73 Å². The summed E-state index contributed by atoms with van der Waals surface area (Å²) in [6, 6.07) is -0.731. The van der Waals surface area contributed by atoms with Gasteiger partial charge in [0.25, 0.3) is 0 Å². The fourth-order valence-corrected chi connectivity index (χ4v) is 1.81. The second-order valence-corrected chi connectivity index (χ2v) is 4.01.